The molecule has 3 N–H and O–H groups in total. The summed E-state index contributed by atoms with van der Waals surface area (Å²) in [6.45, 7) is 3.54. The lowest BCUT2D eigenvalue weighted by atomic mass is 9.91. The normalized spacial score (nSPS) is 18.0. The third kappa shape index (κ3) is 8.01. The first-order valence-corrected chi connectivity index (χ1v) is 11.5. The Balaban J connectivity index is 1.69. The number of ether oxygens (including phenoxy) is 1. The number of hydrogen-bond acceptors (Lipinski definition) is 4. The lowest BCUT2D eigenvalue weighted by molar-refractivity contribution is 0.0974. The van der Waals surface area contributed by atoms with Gasteiger partial charge < -0.3 is 15.4 Å². The molecule has 1 fully saturated rings. The van der Waals surface area contributed by atoms with Crippen molar-refractivity contribution in [2.24, 2.45) is 4.99 Å². The number of nitrogens with zero attached hydrogens (tertiary/aromatic N) is 1. The van der Waals surface area contributed by atoms with Gasteiger partial charge in [0, 0.05) is 23.7 Å². The van der Waals surface area contributed by atoms with E-state index in [2.05, 4.69) is 20.9 Å². The van der Waals surface area contributed by atoms with E-state index in [4.69, 9.17) is 4.74 Å². The minimum atomic E-state index is -0.726. The van der Waals surface area contributed by atoms with Gasteiger partial charge in [-0.3, -0.25) is 10.1 Å². The number of amides is 2. The summed E-state index contributed by atoms with van der Waals surface area (Å²) in [5.41, 5.74) is 0.816. The number of aryl methyl sites for hydroxylation is 1. The fourth-order valence-corrected chi connectivity index (χ4v) is 3.82. The SMILES string of the molecule is CCOC(=O)NC1CCC(NC(=NCc2cc(F)cc(F)c2)NC(=O)c2ccc(C)c(F)c2)CC1. The summed E-state index contributed by atoms with van der Waals surface area (Å²) < 4.78 is 46.0. The molecular weight excluding hydrogens is 461 g/mol. The molecule has 1 saturated carbocycles. The Morgan fingerprint density at radius 3 is 2.20 bits per heavy atom. The minimum absolute atomic E-state index is 0.0205. The zero-order chi connectivity index (χ0) is 25.4. The average Bonchev–Trinajstić information content (AvgIpc) is 2.80. The maximum Gasteiger partial charge on any atom is 0.407 e. The second kappa shape index (κ2) is 12.2. The van der Waals surface area contributed by atoms with Crippen molar-refractivity contribution in [2.75, 3.05) is 6.61 Å². The summed E-state index contributed by atoms with van der Waals surface area (Å²) in [6, 6.07) is 7.14. The van der Waals surface area contributed by atoms with Crippen molar-refractivity contribution in [3.8, 4) is 0 Å². The maximum absolute atomic E-state index is 13.9. The second-order valence-electron chi connectivity index (χ2n) is 8.42. The van der Waals surface area contributed by atoms with Gasteiger partial charge in [-0.25, -0.2) is 23.0 Å². The predicted molar refractivity (Wildman–Crippen MR) is 125 cm³/mol. The Kier molecular flexibility index (Phi) is 9.11. The number of hydrogen-bond donors (Lipinski definition) is 3. The number of halogens is 3. The van der Waals surface area contributed by atoms with Gasteiger partial charge in [-0.1, -0.05) is 6.07 Å². The van der Waals surface area contributed by atoms with E-state index in [-0.39, 0.29) is 30.2 Å². The smallest absolute Gasteiger partial charge is 0.407 e. The second-order valence-corrected chi connectivity index (χ2v) is 8.42. The molecule has 0 radical (unpaired) electrons. The Hall–Kier alpha value is -3.56. The van der Waals surface area contributed by atoms with E-state index in [1.807, 2.05) is 0 Å². The van der Waals surface area contributed by atoms with Gasteiger partial charge >= 0.3 is 6.09 Å². The molecule has 1 aliphatic carbocycles. The fraction of sp³-hybridized carbons (Fsp3) is 0.400. The van der Waals surface area contributed by atoms with Crippen LogP contribution in [0.25, 0.3) is 0 Å². The largest absolute Gasteiger partial charge is 0.450 e. The van der Waals surface area contributed by atoms with Crippen LogP contribution in [-0.2, 0) is 11.3 Å². The highest BCUT2D eigenvalue weighted by molar-refractivity contribution is 6.05. The highest BCUT2D eigenvalue weighted by Gasteiger charge is 2.24. The first kappa shape index (κ1) is 26.1. The summed E-state index contributed by atoms with van der Waals surface area (Å²) in [5, 5.41) is 8.64. The quantitative estimate of drug-likeness (QED) is 0.415. The van der Waals surface area contributed by atoms with Gasteiger partial charge in [0.25, 0.3) is 5.91 Å². The molecule has 35 heavy (non-hydrogen) atoms. The number of carbonyl (C=O) groups excluding carboxylic acids is 2. The number of benzene rings is 2. The van der Waals surface area contributed by atoms with E-state index in [0.29, 0.717) is 43.4 Å². The number of alkyl carbamates (subject to hydrolysis) is 1. The minimum Gasteiger partial charge on any atom is -0.450 e. The first-order chi connectivity index (χ1) is 16.7. The molecule has 0 saturated heterocycles. The van der Waals surface area contributed by atoms with E-state index < -0.39 is 29.5 Å². The molecule has 7 nitrogen and oxygen atoms in total. The van der Waals surface area contributed by atoms with Crippen LogP contribution in [0.1, 0.15) is 54.1 Å². The van der Waals surface area contributed by atoms with Crippen LogP contribution in [0.3, 0.4) is 0 Å². The fourth-order valence-electron chi connectivity index (χ4n) is 3.82. The predicted octanol–water partition coefficient (Wildman–Crippen LogP) is 4.35. The molecule has 2 aromatic rings. The van der Waals surface area contributed by atoms with Gasteiger partial charge in [0.2, 0.25) is 0 Å². The van der Waals surface area contributed by atoms with Gasteiger partial charge in [0.15, 0.2) is 5.96 Å². The van der Waals surface area contributed by atoms with Crippen molar-refractivity contribution in [3.05, 3.63) is 70.5 Å². The van der Waals surface area contributed by atoms with E-state index in [9.17, 15) is 22.8 Å². The van der Waals surface area contributed by atoms with E-state index in [0.717, 1.165) is 24.3 Å². The summed E-state index contributed by atoms with van der Waals surface area (Å²) >= 11 is 0. The lowest BCUT2D eigenvalue weighted by Gasteiger charge is -2.30. The summed E-state index contributed by atoms with van der Waals surface area (Å²) in [5.74, 6) is -2.42. The zero-order valence-electron chi connectivity index (χ0n) is 19.7. The van der Waals surface area contributed by atoms with Crippen molar-refractivity contribution in [2.45, 2.75) is 58.2 Å². The van der Waals surface area contributed by atoms with E-state index in [1.54, 1.807) is 13.8 Å². The van der Waals surface area contributed by atoms with Gasteiger partial charge in [-0.2, -0.15) is 0 Å². The first-order valence-electron chi connectivity index (χ1n) is 11.5. The Labute approximate surface area is 202 Å². The van der Waals surface area contributed by atoms with Crippen molar-refractivity contribution < 1.29 is 27.5 Å². The Bertz CT molecular complexity index is 1070. The van der Waals surface area contributed by atoms with Crippen molar-refractivity contribution >= 4 is 18.0 Å². The number of nitrogens with one attached hydrogen (secondary N) is 3. The van der Waals surface area contributed by atoms with Crippen LogP contribution in [-0.4, -0.2) is 36.7 Å². The molecule has 0 heterocycles. The zero-order valence-corrected chi connectivity index (χ0v) is 19.7. The van der Waals surface area contributed by atoms with Crippen LogP contribution in [0.4, 0.5) is 18.0 Å². The number of guanidine groups is 1. The van der Waals surface area contributed by atoms with Crippen LogP contribution in [0.5, 0.6) is 0 Å². The Morgan fingerprint density at radius 2 is 1.60 bits per heavy atom. The number of carbonyl (C=O) groups is 2. The average molecular weight is 491 g/mol. The highest BCUT2D eigenvalue weighted by atomic mass is 19.1. The van der Waals surface area contributed by atoms with Gasteiger partial charge in [-0.05, 0) is 74.9 Å². The summed E-state index contributed by atoms with van der Waals surface area (Å²) in [7, 11) is 0. The van der Waals surface area contributed by atoms with E-state index in [1.165, 1.54) is 12.1 Å². The van der Waals surface area contributed by atoms with Gasteiger partial charge in [0.1, 0.15) is 17.5 Å². The monoisotopic (exact) mass is 490 g/mol. The molecule has 1 aliphatic rings. The molecule has 0 bridgehead atoms. The molecule has 0 aliphatic heterocycles. The standard InChI is InChI=1S/C25H29F3N4O3/c1-3-35-25(34)31-21-8-6-20(7-9-21)30-24(29-14-16-10-18(26)13-19(27)11-16)32-23(33)17-5-4-15(2)22(28)12-17/h4-5,10-13,20-21H,3,6-9,14H2,1-2H3,(H,31,34)(H2,29,30,32,33). The maximum atomic E-state index is 13.9. The van der Waals surface area contributed by atoms with Crippen molar-refractivity contribution in [3.63, 3.8) is 0 Å². The highest BCUT2D eigenvalue weighted by Crippen LogP contribution is 2.19. The number of aliphatic imine (C=N–C) groups is 1. The molecule has 0 aromatic heterocycles. The third-order valence-corrected chi connectivity index (χ3v) is 5.67. The molecule has 188 valence electrons. The van der Waals surface area contributed by atoms with Crippen molar-refractivity contribution in [1.29, 1.82) is 0 Å². The van der Waals surface area contributed by atoms with Crippen LogP contribution < -0.4 is 16.0 Å². The lowest BCUT2D eigenvalue weighted by Crippen LogP contribution is -2.49. The third-order valence-electron chi connectivity index (χ3n) is 5.67. The molecule has 10 heteroatoms. The summed E-state index contributed by atoms with van der Waals surface area (Å²) in [6.07, 6.45) is 2.29. The molecule has 0 unspecified atom stereocenters. The van der Waals surface area contributed by atoms with Crippen LogP contribution in [0.2, 0.25) is 0 Å². The molecule has 0 spiro atoms. The van der Waals surface area contributed by atoms with Gasteiger partial charge in [0.05, 0.1) is 13.2 Å². The topological polar surface area (TPSA) is 91.8 Å². The van der Waals surface area contributed by atoms with Crippen LogP contribution in [0, 0.1) is 24.4 Å². The molecule has 2 amide bonds. The van der Waals surface area contributed by atoms with Crippen LogP contribution >= 0.6 is 0 Å². The molecule has 3 rings (SSSR count). The Morgan fingerprint density at radius 1 is 0.971 bits per heavy atom. The van der Waals surface area contributed by atoms with Crippen LogP contribution in [0.15, 0.2) is 41.4 Å². The molecular formula is C25H29F3N4O3. The molecule has 0 atom stereocenters. The van der Waals surface area contributed by atoms with E-state index >= 15 is 0 Å². The van der Waals surface area contributed by atoms with Crippen molar-refractivity contribution in [1.82, 2.24) is 16.0 Å². The summed E-state index contributed by atoms with van der Waals surface area (Å²) in [4.78, 5) is 28.7. The van der Waals surface area contributed by atoms with Gasteiger partial charge in [-0.15, -0.1) is 0 Å². The number of rotatable bonds is 6. The molecule has 2 aromatic carbocycles.